The molecule has 0 spiro atoms. The number of amides is 1. The van der Waals surface area contributed by atoms with Crippen LogP contribution in [0.1, 0.15) is 57.1 Å². The number of carbonyl (C=O) groups is 1. The minimum Gasteiger partial charge on any atom is -0.381 e. The normalized spacial score (nSPS) is 27.5. The van der Waals surface area contributed by atoms with E-state index in [1.807, 2.05) is 11.0 Å². The van der Waals surface area contributed by atoms with Gasteiger partial charge in [-0.3, -0.25) is 4.79 Å². The molecular weight excluding hydrogens is 412 g/mol. The minimum atomic E-state index is -3.26. The van der Waals surface area contributed by atoms with Gasteiger partial charge >= 0.3 is 0 Å². The van der Waals surface area contributed by atoms with Gasteiger partial charge in [-0.15, -0.1) is 0 Å². The van der Waals surface area contributed by atoms with E-state index in [9.17, 15) is 13.2 Å². The summed E-state index contributed by atoms with van der Waals surface area (Å²) in [5.41, 5.74) is 1.78. The Bertz CT molecular complexity index is 924. The fourth-order valence-corrected chi connectivity index (χ4v) is 6.30. The van der Waals surface area contributed by atoms with E-state index < -0.39 is 9.84 Å². The Morgan fingerprint density at radius 3 is 2.58 bits per heavy atom. The summed E-state index contributed by atoms with van der Waals surface area (Å²) in [7, 11) is -3.26. The number of ether oxygens (including phenoxy) is 1. The molecule has 6 nitrogen and oxygen atoms in total. The Labute approximate surface area is 186 Å². The lowest BCUT2D eigenvalue weighted by atomic mass is 9.73. The van der Waals surface area contributed by atoms with E-state index in [4.69, 9.17) is 4.74 Å². The second-order valence-corrected chi connectivity index (χ2v) is 12.0. The SMILES string of the molecule is CC(C)[C@]1(C(=O)N2CCc3ccc(S(C)(=O)=O)cc3C2)CC[C@@H](NC2CCOCC2)C1. The predicted molar refractivity (Wildman–Crippen MR) is 121 cm³/mol. The second-order valence-electron chi connectivity index (χ2n) is 9.98. The van der Waals surface area contributed by atoms with Crippen molar-refractivity contribution in [1.29, 1.82) is 0 Å². The Hall–Kier alpha value is -1.44. The lowest BCUT2D eigenvalue weighted by Gasteiger charge is -2.40. The molecule has 172 valence electrons. The summed E-state index contributed by atoms with van der Waals surface area (Å²) in [6.07, 6.45) is 6.94. The first-order valence-electron chi connectivity index (χ1n) is 11.6. The van der Waals surface area contributed by atoms with Crippen LogP contribution in [-0.2, 0) is 32.3 Å². The lowest BCUT2D eigenvalue weighted by Crippen LogP contribution is -2.48. The molecule has 0 unspecified atom stereocenters. The van der Waals surface area contributed by atoms with Gasteiger partial charge in [-0.2, -0.15) is 0 Å². The topological polar surface area (TPSA) is 75.7 Å². The van der Waals surface area contributed by atoms with Crippen LogP contribution in [0.3, 0.4) is 0 Å². The summed E-state index contributed by atoms with van der Waals surface area (Å²) in [4.78, 5) is 16.2. The van der Waals surface area contributed by atoms with Crippen LogP contribution in [0.2, 0.25) is 0 Å². The Morgan fingerprint density at radius 1 is 1.16 bits per heavy atom. The fraction of sp³-hybridized carbons (Fsp3) is 0.708. The summed E-state index contributed by atoms with van der Waals surface area (Å²) in [5.74, 6) is 0.513. The van der Waals surface area contributed by atoms with E-state index in [-0.39, 0.29) is 17.2 Å². The van der Waals surface area contributed by atoms with Crippen LogP contribution in [-0.4, -0.2) is 57.3 Å². The average molecular weight is 449 g/mol. The van der Waals surface area contributed by atoms with Crippen molar-refractivity contribution in [2.45, 2.75) is 75.9 Å². The molecule has 1 amide bonds. The van der Waals surface area contributed by atoms with Crippen LogP contribution in [0.25, 0.3) is 0 Å². The number of rotatable bonds is 5. The molecule has 2 fully saturated rings. The molecule has 1 aromatic rings. The zero-order valence-electron chi connectivity index (χ0n) is 19.0. The highest BCUT2D eigenvalue weighted by atomic mass is 32.2. The smallest absolute Gasteiger partial charge is 0.229 e. The average Bonchev–Trinajstić information content (AvgIpc) is 3.17. The van der Waals surface area contributed by atoms with Crippen LogP contribution in [0.15, 0.2) is 23.1 Å². The van der Waals surface area contributed by atoms with Crippen molar-refractivity contribution in [3.8, 4) is 0 Å². The first kappa shape index (κ1) is 22.7. The number of fused-ring (bicyclic) bond motifs is 1. The molecule has 31 heavy (non-hydrogen) atoms. The molecule has 7 heteroatoms. The molecule has 1 saturated carbocycles. The maximum atomic E-state index is 13.9. The van der Waals surface area contributed by atoms with Crippen LogP contribution < -0.4 is 5.32 Å². The fourth-order valence-electron chi connectivity index (χ4n) is 5.63. The summed E-state index contributed by atoms with van der Waals surface area (Å²) in [5, 5.41) is 3.81. The molecule has 1 aromatic carbocycles. The van der Waals surface area contributed by atoms with Crippen molar-refractivity contribution < 1.29 is 17.9 Å². The van der Waals surface area contributed by atoms with E-state index in [0.29, 0.717) is 30.1 Å². The molecular formula is C24H36N2O4S. The molecule has 1 saturated heterocycles. The van der Waals surface area contributed by atoms with Crippen molar-refractivity contribution >= 4 is 15.7 Å². The molecule has 2 heterocycles. The van der Waals surface area contributed by atoms with E-state index in [0.717, 1.165) is 62.9 Å². The molecule has 3 aliphatic rings. The van der Waals surface area contributed by atoms with Crippen molar-refractivity contribution in [1.82, 2.24) is 10.2 Å². The third-order valence-electron chi connectivity index (χ3n) is 7.68. The summed E-state index contributed by atoms with van der Waals surface area (Å²) < 4.78 is 29.5. The van der Waals surface area contributed by atoms with Crippen molar-refractivity contribution in [2.75, 3.05) is 26.0 Å². The summed E-state index contributed by atoms with van der Waals surface area (Å²) >= 11 is 0. The molecule has 0 aromatic heterocycles. The lowest BCUT2D eigenvalue weighted by molar-refractivity contribution is -0.145. The molecule has 0 bridgehead atoms. The highest BCUT2D eigenvalue weighted by Crippen LogP contribution is 2.46. The molecule has 2 aliphatic heterocycles. The third-order valence-corrected chi connectivity index (χ3v) is 8.79. The molecule has 4 rings (SSSR count). The van der Waals surface area contributed by atoms with Crippen LogP contribution in [0, 0.1) is 11.3 Å². The first-order chi connectivity index (χ1) is 14.7. The second kappa shape index (κ2) is 8.83. The molecule has 1 aliphatic carbocycles. The van der Waals surface area contributed by atoms with Gasteiger partial charge in [0.25, 0.3) is 0 Å². The van der Waals surface area contributed by atoms with Gasteiger partial charge in [-0.05, 0) is 67.7 Å². The number of nitrogens with zero attached hydrogens (tertiary/aromatic N) is 1. The Balaban J connectivity index is 1.49. The first-order valence-corrected chi connectivity index (χ1v) is 13.5. The molecule has 1 N–H and O–H groups in total. The quantitative estimate of drug-likeness (QED) is 0.750. The summed E-state index contributed by atoms with van der Waals surface area (Å²) in [6.45, 7) is 7.20. The van der Waals surface area contributed by atoms with Gasteiger partial charge in [0.1, 0.15) is 0 Å². The zero-order chi connectivity index (χ0) is 22.2. The van der Waals surface area contributed by atoms with Crippen molar-refractivity contribution in [2.24, 2.45) is 11.3 Å². The largest absolute Gasteiger partial charge is 0.381 e. The maximum Gasteiger partial charge on any atom is 0.229 e. The van der Waals surface area contributed by atoms with Gasteiger partial charge in [0, 0.05) is 44.6 Å². The van der Waals surface area contributed by atoms with E-state index in [2.05, 4.69) is 19.2 Å². The minimum absolute atomic E-state index is 0.245. The Morgan fingerprint density at radius 2 is 1.90 bits per heavy atom. The number of hydrogen-bond acceptors (Lipinski definition) is 5. The summed E-state index contributed by atoms with van der Waals surface area (Å²) in [6, 6.07) is 6.23. The predicted octanol–water partition coefficient (Wildman–Crippen LogP) is 2.94. The van der Waals surface area contributed by atoms with Gasteiger partial charge in [-0.25, -0.2) is 8.42 Å². The van der Waals surface area contributed by atoms with Crippen LogP contribution in [0.4, 0.5) is 0 Å². The monoisotopic (exact) mass is 448 g/mol. The van der Waals surface area contributed by atoms with E-state index in [1.54, 1.807) is 12.1 Å². The van der Waals surface area contributed by atoms with Gasteiger partial charge in [0.2, 0.25) is 5.91 Å². The molecule has 0 radical (unpaired) electrons. The third kappa shape index (κ3) is 4.69. The van der Waals surface area contributed by atoms with E-state index >= 15 is 0 Å². The number of carbonyl (C=O) groups excluding carboxylic acids is 1. The van der Waals surface area contributed by atoms with Gasteiger partial charge < -0.3 is 15.0 Å². The zero-order valence-corrected chi connectivity index (χ0v) is 19.8. The number of benzene rings is 1. The standard InChI is InChI=1S/C24H36N2O4S/c1-17(2)24(10-6-21(15-24)25-20-8-12-30-13-9-20)23(27)26-11-7-18-4-5-22(31(3,28)29)14-19(18)16-26/h4-5,14,17,20-21,25H,6-13,15-16H2,1-3H3/t21-,24+/m1/s1. The van der Waals surface area contributed by atoms with Gasteiger partial charge in [0.15, 0.2) is 9.84 Å². The number of nitrogens with one attached hydrogen (secondary N) is 1. The van der Waals surface area contributed by atoms with Crippen LogP contribution >= 0.6 is 0 Å². The highest BCUT2D eigenvalue weighted by molar-refractivity contribution is 7.90. The van der Waals surface area contributed by atoms with Crippen molar-refractivity contribution in [3.63, 3.8) is 0 Å². The number of hydrogen-bond donors (Lipinski definition) is 1. The van der Waals surface area contributed by atoms with Gasteiger partial charge in [0.05, 0.1) is 10.3 Å². The molecule has 2 atom stereocenters. The van der Waals surface area contributed by atoms with Gasteiger partial charge in [-0.1, -0.05) is 19.9 Å². The maximum absolute atomic E-state index is 13.9. The van der Waals surface area contributed by atoms with Crippen molar-refractivity contribution in [3.05, 3.63) is 29.3 Å². The van der Waals surface area contributed by atoms with Crippen LogP contribution in [0.5, 0.6) is 0 Å². The number of sulfone groups is 1. The highest BCUT2D eigenvalue weighted by Gasteiger charge is 2.49. The Kier molecular flexibility index (Phi) is 6.48. The van der Waals surface area contributed by atoms with E-state index in [1.165, 1.54) is 6.26 Å².